The number of fused-ring (bicyclic) bond motifs is 1. The molecule has 1 saturated heterocycles. The van der Waals surface area contributed by atoms with E-state index in [1.807, 2.05) is 13.0 Å². The number of hydrogen-bond acceptors (Lipinski definition) is 4. The zero-order valence-electron chi connectivity index (χ0n) is 11.8. The van der Waals surface area contributed by atoms with E-state index in [4.69, 9.17) is 12.6 Å². The van der Waals surface area contributed by atoms with Crippen molar-refractivity contribution in [3.63, 3.8) is 0 Å². The minimum absolute atomic E-state index is 0.0582. The number of nitrogens with zero attached hydrogens (tertiary/aromatic N) is 3. The molecule has 0 aliphatic carbocycles. The third-order valence-electron chi connectivity index (χ3n) is 3.56. The summed E-state index contributed by atoms with van der Waals surface area (Å²) in [5, 5.41) is 0. The SMILES string of the molecule is [B]c1cc(C(C)Br)c2nc(N3CCOCC3)cc(=O)n2c1. The molecule has 2 radical (unpaired) electrons. The molecule has 1 aliphatic heterocycles. The highest BCUT2D eigenvalue weighted by atomic mass is 79.9. The fourth-order valence-corrected chi connectivity index (χ4v) is 2.82. The molecule has 0 amide bonds. The van der Waals surface area contributed by atoms with Crippen LogP contribution in [-0.4, -0.2) is 43.5 Å². The summed E-state index contributed by atoms with van der Waals surface area (Å²) >= 11 is 3.54. The fraction of sp³-hybridized carbons (Fsp3) is 0.429. The predicted molar refractivity (Wildman–Crippen MR) is 87.2 cm³/mol. The molecule has 2 aromatic rings. The Morgan fingerprint density at radius 2 is 2.10 bits per heavy atom. The number of rotatable bonds is 2. The lowest BCUT2D eigenvalue weighted by atomic mass is 9.96. The Balaban J connectivity index is 2.19. The lowest BCUT2D eigenvalue weighted by molar-refractivity contribution is 0.122. The molecule has 7 heteroatoms. The lowest BCUT2D eigenvalue weighted by Gasteiger charge is -2.28. The van der Waals surface area contributed by atoms with Crippen molar-refractivity contribution in [2.24, 2.45) is 0 Å². The maximum Gasteiger partial charge on any atom is 0.259 e. The van der Waals surface area contributed by atoms with E-state index >= 15 is 0 Å². The van der Waals surface area contributed by atoms with E-state index in [1.165, 1.54) is 4.40 Å². The maximum atomic E-state index is 12.4. The standard InChI is InChI=1S/C14H15BBrN3O2/c1-9(16)11-6-10(15)8-19-13(20)7-12(17-14(11)19)18-2-4-21-5-3-18/h6-9H,2-5H2,1H3. The zero-order valence-corrected chi connectivity index (χ0v) is 13.3. The molecular formula is C14H15BBrN3O2. The number of hydrogen-bond donors (Lipinski definition) is 0. The van der Waals surface area contributed by atoms with Gasteiger partial charge in [0.25, 0.3) is 5.56 Å². The Labute approximate surface area is 132 Å². The summed E-state index contributed by atoms with van der Waals surface area (Å²) in [6.07, 6.45) is 1.62. The summed E-state index contributed by atoms with van der Waals surface area (Å²) in [6, 6.07) is 3.41. The molecule has 0 spiro atoms. The van der Waals surface area contributed by atoms with Crippen molar-refractivity contribution in [3.8, 4) is 0 Å². The van der Waals surface area contributed by atoms with Gasteiger partial charge in [-0.1, -0.05) is 27.5 Å². The molecule has 1 unspecified atom stereocenters. The lowest BCUT2D eigenvalue weighted by Crippen LogP contribution is -2.37. The number of anilines is 1. The number of halogens is 1. The number of alkyl halides is 1. The van der Waals surface area contributed by atoms with Gasteiger partial charge in [-0.15, -0.1) is 0 Å². The van der Waals surface area contributed by atoms with Crippen LogP contribution < -0.4 is 15.9 Å². The van der Waals surface area contributed by atoms with Crippen molar-refractivity contribution >= 4 is 40.7 Å². The molecule has 0 saturated carbocycles. The third-order valence-corrected chi connectivity index (χ3v) is 4.05. The number of morpholine rings is 1. The van der Waals surface area contributed by atoms with Crippen LogP contribution in [0.3, 0.4) is 0 Å². The highest BCUT2D eigenvalue weighted by molar-refractivity contribution is 9.09. The summed E-state index contributed by atoms with van der Waals surface area (Å²) < 4.78 is 6.85. The first-order chi connectivity index (χ1) is 10.1. The van der Waals surface area contributed by atoms with E-state index in [1.54, 1.807) is 12.3 Å². The second kappa shape index (κ2) is 5.81. The van der Waals surface area contributed by atoms with Crippen molar-refractivity contribution in [2.45, 2.75) is 11.8 Å². The van der Waals surface area contributed by atoms with Crippen molar-refractivity contribution in [1.29, 1.82) is 0 Å². The van der Waals surface area contributed by atoms with E-state index in [2.05, 4.69) is 25.8 Å². The Morgan fingerprint density at radius 3 is 2.76 bits per heavy atom. The van der Waals surface area contributed by atoms with Gasteiger partial charge < -0.3 is 9.64 Å². The number of aromatic nitrogens is 2. The molecule has 1 fully saturated rings. The summed E-state index contributed by atoms with van der Waals surface area (Å²) in [6.45, 7) is 4.80. The monoisotopic (exact) mass is 347 g/mol. The van der Waals surface area contributed by atoms with Crippen LogP contribution in [0.15, 0.2) is 23.1 Å². The van der Waals surface area contributed by atoms with Crippen LogP contribution in [-0.2, 0) is 4.74 Å². The molecule has 1 atom stereocenters. The quantitative estimate of drug-likeness (QED) is 0.595. The van der Waals surface area contributed by atoms with Gasteiger partial charge in [-0.2, -0.15) is 0 Å². The molecule has 108 valence electrons. The zero-order chi connectivity index (χ0) is 15.0. The Bertz CT molecular complexity index is 726. The van der Waals surface area contributed by atoms with Crippen molar-refractivity contribution < 1.29 is 4.74 Å². The van der Waals surface area contributed by atoms with Crippen LogP contribution in [0.25, 0.3) is 5.65 Å². The molecule has 21 heavy (non-hydrogen) atoms. The fourth-order valence-electron chi connectivity index (χ4n) is 2.49. The maximum absolute atomic E-state index is 12.4. The van der Waals surface area contributed by atoms with Crippen LogP contribution in [0, 0.1) is 0 Å². The highest BCUT2D eigenvalue weighted by Gasteiger charge is 2.16. The molecule has 2 aromatic heterocycles. The van der Waals surface area contributed by atoms with Gasteiger partial charge in [0.05, 0.1) is 13.2 Å². The van der Waals surface area contributed by atoms with Gasteiger partial charge in [0.1, 0.15) is 19.3 Å². The van der Waals surface area contributed by atoms with Crippen LogP contribution in [0.5, 0.6) is 0 Å². The summed E-state index contributed by atoms with van der Waals surface area (Å²) in [5.41, 5.74) is 1.97. The second-order valence-electron chi connectivity index (χ2n) is 5.09. The highest BCUT2D eigenvalue weighted by Crippen LogP contribution is 2.24. The van der Waals surface area contributed by atoms with Crippen molar-refractivity contribution in [2.75, 3.05) is 31.2 Å². The van der Waals surface area contributed by atoms with Crippen LogP contribution in [0.2, 0.25) is 0 Å². The number of pyridine rings is 1. The Morgan fingerprint density at radius 1 is 1.38 bits per heavy atom. The Kier molecular flexibility index (Phi) is 4.04. The predicted octanol–water partition coefficient (Wildman–Crippen LogP) is 0.781. The molecule has 0 aromatic carbocycles. The van der Waals surface area contributed by atoms with Gasteiger partial charge in [0.2, 0.25) is 0 Å². The van der Waals surface area contributed by atoms with Gasteiger partial charge in [-0.3, -0.25) is 9.20 Å². The van der Waals surface area contributed by atoms with Gasteiger partial charge in [0, 0.05) is 35.7 Å². The van der Waals surface area contributed by atoms with Crippen molar-refractivity contribution in [1.82, 2.24) is 9.38 Å². The molecule has 0 bridgehead atoms. The molecule has 1 aliphatic rings. The average Bonchev–Trinajstić information content (AvgIpc) is 2.48. The van der Waals surface area contributed by atoms with Crippen LogP contribution >= 0.6 is 15.9 Å². The third kappa shape index (κ3) is 2.85. The molecule has 3 rings (SSSR count). The summed E-state index contributed by atoms with van der Waals surface area (Å²) in [5.74, 6) is 0.697. The number of ether oxygens (including phenoxy) is 1. The smallest absolute Gasteiger partial charge is 0.259 e. The molecule has 3 heterocycles. The second-order valence-corrected chi connectivity index (χ2v) is 6.46. The van der Waals surface area contributed by atoms with E-state index < -0.39 is 0 Å². The molecular weight excluding hydrogens is 333 g/mol. The van der Waals surface area contributed by atoms with Crippen molar-refractivity contribution in [3.05, 3.63) is 34.2 Å². The van der Waals surface area contributed by atoms with Gasteiger partial charge in [0.15, 0.2) is 0 Å². The first-order valence-electron chi connectivity index (χ1n) is 6.86. The van der Waals surface area contributed by atoms with Crippen LogP contribution in [0.1, 0.15) is 17.3 Å². The van der Waals surface area contributed by atoms with E-state index in [9.17, 15) is 4.79 Å². The Hall–Kier alpha value is -1.34. The van der Waals surface area contributed by atoms with E-state index in [0.717, 1.165) is 18.7 Å². The van der Waals surface area contributed by atoms with E-state index in [0.29, 0.717) is 30.1 Å². The topological polar surface area (TPSA) is 46.8 Å². The van der Waals surface area contributed by atoms with Crippen LogP contribution in [0.4, 0.5) is 5.82 Å². The van der Waals surface area contributed by atoms with E-state index in [-0.39, 0.29) is 10.4 Å². The summed E-state index contributed by atoms with van der Waals surface area (Å²) in [7, 11) is 5.88. The summed E-state index contributed by atoms with van der Waals surface area (Å²) in [4.78, 5) is 19.2. The van der Waals surface area contributed by atoms with Gasteiger partial charge in [-0.05, 0) is 6.92 Å². The average molecular weight is 348 g/mol. The first-order valence-corrected chi connectivity index (χ1v) is 7.77. The minimum atomic E-state index is -0.122. The molecule has 0 N–H and O–H groups in total. The normalized spacial score (nSPS) is 17.1. The van der Waals surface area contributed by atoms with Gasteiger partial charge in [-0.25, -0.2) is 4.98 Å². The van der Waals surface area contributed by atoms with Gasteiger partial charge >= 0.3 is 0 Å². The first kappa shape index (κ1) is 14.6. The minimum Gasteiger partial charge on any atom is -0.378 e. The largest absolute Gasteiger partial charge is 0.378 e. The molecule has 5 nitrogen and oxygen atoms in total.